The Bertz CT molecular complexity index is 285. The van der Waals surface area contributed by atoms with Gasteiger partial charge in [-0.15, -0.1) is 12.2 Å². The van der Waals surface area contributed by atoms with Crippen molar-refractivity contribution in [3.63, 3.8) is 0 Å². The van der Waals surface area contributed by atoms with Crippen LogP contribution in [-0.4, -0.2) is 0 Å². The van der Waals surface area contributed by atoms with Crippen molar-refractivity contribution < 1.29 is 22.2 Å². The monoisotopic (exact) mass is 228 g/mol. The van der Waals surface area contributed by atoms with Gasteiger partial charge in [0.2, 0.25) is 0 Å². The van der Waals surface area contributed by atoms with Crippen LogP contribution in [0.15, 0.2) is 42.5 Å². The predicted octanol–water partition coefficient (Wildman–Crippen LogP) is 2.37. The van der Waals surface area contributed by atoms with Crippen molar-refractivity contribution in [1.82, 2.24) is 0 Å². The van der Waals surface area contributed by atoms with Crippen LogP contribution in [0.3, 0.4) is 0 Å². The molecule has 0 unspecified atom stereocenters. The first-order valence-corrected chi connectivity index (χ1v) is 4.25. The molecule has 0 radical (unpaired) electrons. The van der Waals surface area contributed by atoms with Crippen LogP contribution >= 0.6 is 0 Å². The maximum atomic E-state index is 10.6. The zero-order chi connectivity index (χ0) is 9.52. The van der Waals surface area contributed by atoms with Crippen molar-refractivity contribution in [1.29, 1.82) is 0 Å². The minimum Gasteiger partial charge on any atom is -0.872 e. The van der Waals surface area contributed by atoms with Crippen molar-refractivity contribution >= 4 is 0 Å². The van der Waals surface area contributed by atoms with Crippen LogP contribution in [0.5, 0.6) is 5.75 Å². The van der Waals surface area contributed by atoms with Crippen molar-refractivity contribution in [2.24, 2.45) is 0 Å². The first-order chi connectivity index (χ1) is 6.30. The van der Waals surface area contributed by atoms with E-state index >= 15 is 0 Å². The van der Waals surface area contributed by atoms with E-state index in [0.29, 0.717) is 0 Å². The van der Waals surface area contributed by atoms with Gasteiger partial charge in [-0.3, -0.25) is 6.08 Å². The Hall–Kier alpha value is -0.981. The molecule has 0 bridgehead atoms. The molecule has 0 amide bonds. The van der Waals surface area contributed by atoms with Gasteiger partial charge in [-0.25, -0.2) is 12.2 Å². The molecule has 2 rings (SSSR count). The van der Waals surface area contributed by atoms with Gasteiger partial charge < -0.3 is 5.11 Å². The summed E-state index contributed by atoms with van der Waals surface area (Å²) in [7, 11) is 0. The van der Waals surface area contributed by atoms with E-state index in [2.05, 4.69) is 12.2 Å². The summed E-state index contributed by atoms with van der Waals surface area (Å²) in [5.41, 5.74) is 0.813. The molecule has 14 heavy (non-hydrogen) atoms. The molecule has 0 fully saturated rings. The van der Waals surface area contributed by atoms with Crippen molar-refractivity contribution in [3.05, 3.63) is 54.1 Å². The van der Waals surface area contributed by atoms with Gasteiger partial charge in [0.1, 0.15) is 0 Å². The van der Waals surface area contributed by atoms with Crippen molar-refractivity contribution in [2.75, 3.05) is 0 Å². The second-order valence-electron chi connectivity index (χ2n) is 2.77. The molecule has 0 atom stereocenters. The standard InChI is InChI=1S/C7H8O.C5H5.Fe/c1-6-4-2-3-5-7(6)8;1-2-4-5-3-1;/h2-5,8H,1H3;1-3H,4H2;/q;-1;+2/p-1. The molecule has 74 valence electrons. The van der Waals surface area contributed by atoms with Crippen LogP contribution in [0.2, 0.25) is 0 Å². The molecule has 0 aliphatic heterocycles. The number of para-hydroxylation sites is 1. The second kappa shape index (κ2) is 7.43. The summed E-state index contributed by atoms with van der Waals surface area (Å²) < 4.78 is 0. The van der Waals surface area contributed by atoms with Gasteiger partial charge in [0, 0.05) is 0 Å². The van der Waals surface area contributed by atoms with E-state index in [1.807, 2.05) is 31.2 Å². The summed E-state index contributed by atoms with van der Waals surface area (Å²) in [5, 5.41) is 10.6. The summed E-state index contributed by atoms with van der Waals surface area (Å²) >= 11 is 0. The topological polar surface area (TPSA) is 23.1 Å². The smallest absolute Gasteiger partial charge is 0.872 e. The summed E-state index contributed by atoms with van der Waals surface area (Å²) in [4.78, 5) is 0. The Labute approximate surface area is 95.6 Å². The van der Waals surface area contributed by atoms with Gasteiger partial charge in [0.15, 0.2) is 0 Å². The number of benzene rings is 1. The molecule has 1 aromatic carbocycles. The molecule has 0 saturated heterocycles. The summed E-state index contributed by atoms with van der Waals surface area (Å²) in [6, 6.07) is 6.98. The van der Waals surface area contributed by atoms with Gasteiger partial charge in [-0.05, 0) is 6.92 Å². The number of hydrogen-bond acceptors (Lipinski definition) is 1. The van der Waals surface area contributed by atoms with E-state index < -0.39 is 0 Å². The molecular formula is C12H12FeO. The molecule has 1 aliphatic carbocycles. The van der Waals surface area contributed by atoms with Crippen LogP contribution in [0.4, 0.5) is 0 Å². The zero-order valence-electron chi connectivity index (χ0n) is 8.01. The quantitative estimate of drug-likeness (QED) is 0.493. The third kappa shape index (κ3) is 4.90. The third-order valence-corrected chi connectivity index (χ3v) is 1.68. The van der Waals surface area contributed by atoms with Crippen LogP contribution in [0, 0.1) is 13.0 Å². The van der Waals surface area contributed by atoms with Crippen molar-refractivity contribution in [3.8, 4) is 5.75 Å². The Kier molecular flexibility index (Phi) is 6.91. The van der Waals surface area contributed by atoms with Gasteiger partial charge >= 0.3 is 17.1 Å². The number of hydrogen-bond donors (Lipinski definition) is 0. The molecule has 0 aromatic heterocycles. The van der Waals surface area contributed by atoms with Gasteiger partial charge in [0.25, 0.3) is 0 Å². The minimum atomic E-state index is 0. The fraction of sp³-hybridized carbons (Fsp3) is 0.167. The van der Waals surface area contributed by atoms with E-state index in [-0.39, 0.29) is 22.8 Å². The first kappa shape index (κ1) is 13.0. The molecule has 1 aromatic rings. The molecule has 0 spiro atoms. The molecule has 0 heterocycles. The average molecular weight is 228 g/mol. The van der Waals surface area contributed by atoms with E-state index in [0.717, 1.165) is 12.0 Å². The molecule has 2 heteroatoms. The van der Waals surface area contributed by atoms with Gasteiger partial charge in [-0.1, -0.05) is 29.8 Å². The Balaban J connectivity index is 0.000000246. The van der Waals surface area contributed by atoms with Crippen LogP contribution in [0.25, 0.3) is 0 Å². The Morgan fingerprint density at radius 2 is 2.00 bits per heavy atom. The summed E-state index contributed by atoms with van der Waals surface area (Å²) in [6.45, 7) is 1.81. The summed E-state index contributed by atoms with van der Waals surface area (Å²) in [5.74, 6) is 0.118. The Morgan fingerprint density at radius 1 is 1.29 bits per heavy atom. The van der Waals surface area contributed by atoms with Crippen molar-refractivity contribution in [2.45, 2.75) is 13.3 Å². The van der Waals surface area contributed by atoms with E-state index in [9.17, 15) is 5.11 Å². The molecular weight excluding hydrogens is 216 g/mol. The SMILES string of the molecule is Cc1ccccc1[O-].[C-]1=CC=CC1.[Fe+2]. The second-order valence-corrected chi connectivity index (χ2v) is 2.77. The van der Waals surface area contributed by atoms with E-state index in [1.165, 1.54) is 0 Å². The fourth-order valence-corrected chi connectivity index (χ4v) is 0.897. The molecule has 1 aliphatic rings. The maximum Gasteiger partial charge on any atom is 2.00 e. The molecule has 1 nitrogen and oxygen atoms in total. The maximum absolute atomic E-state index is 10.6. The average Bonchev–Trinajstić information content (AvgIpc) is 2.68. The summed E-state index contributed by atoms with van der Waals surface area (Å²) in [6.07, 6.45) is 10.0. The minimum absolute atomic E-state index is 0. The van der Waals surface area contributed by atoms with Crippen LogP contribution in [0.1, 0.15) is 12.0 Å². The first-order valence-electron chi connectivity index (χ1n) is 4.25. The van der Waals surface area contributed by atoms with E-state index in [4.69, 9.17) is 0 Å². The number of aryl methyl sites for hydroxylation is 1. The predicted molar refractivity (Wildman–Crippen MR) is 52.2 cm³/mol. The van der Waals surface area contributed by atoms with Gasteiger partial charge in [-0.2, -0.15) is 6.08 Å². The number of rotatable bonds is 0. The largest absolute Gasteiger partial charge is 2.00 e. The molecule has 0 saturated carbocycles. The van der Waals surface area contributed by atoms with E-state index in [1.54, 1.807) is 12.1 Å². The molecule has 0 N–H and O–H groups in total. The van der Waals surface area contributed by atoms with Crippen LogP contribution in [-0.2, 0) is 17.1 Å². The Morgan fingerprint density at radius 3 is 2.29 bits per heavy atom. The zero-order valence-corrected chi connectivity index (χ0v) is 9.11. The fourth-order valence-electron chi connectivity index (χ4n) is 0.897. The number of allylic oxidation sites excluding steroid dienone is 4. The third-order valence-electron chi connectivity index (χ3n) is 1.68. The van der Waals surface area contributed by atoms with Crippen LogP contribution < -0.4 is 5.11 Å². The normalized spacial score (nSPS) is 11.5. The van der Waals surface area contributed by atoms with Gasteiger partial charge in [0.05, 0.1) is 0 Å².